The Morgan fingerprint density at radius 1 is 1.40 bits per heavy atom. The minimum Gasteiger partial charge on any atom is -0.309 e. The number of rotatable bonds is 8. The molecule has 0 fully saturated rings. The van der Waals surface area contributed by atoms with E-state index in [0.29, 0.717) is 12.6 Å². The maximum Gasteiger partial charge on any atom is 0.288 e. The lowest BCUT2D eigenvalue weighted by Crippen LogP contribution is -2.38. The van der Waals surface area contributed by atoms with Gasteiger partial charge in [-0.15, -0.1) is 0 Å². The number of benzene rings is 1. The molecule has 5 nitrogen and oxygen atoms in total. The van der Waals surface area contributed by atoms with Gasteiger partial charge >= 0.3 is 0 Å². The van der Waals surface area contributed by atoms with E-state index in [9.17, 15) is 10.1 Å². The van der Waals surface area contributed by atoms with E-state index in [-0.39, 0.29) is 10.7 Å². The number of nitrogens with one attached hydrogen (secondary N) is 1. The Hall–Kier alpha value is -1.17. The molecule has 0 aromatic heterocycles. The molecule has 0 spiro atoms. The number of nitrogens with zero attached hydrogens (tertiary/aromatic N) is 2. The van der Waals surface area contributed by atoms with Gasteiger partial charge < -0.3 is 10.2 Å². The molecule has 6 heteroatoms. The lowest BCUT2D eigenvalue weighted by Gasteiger charge is -2.23. The van der Waals surface area contributed by atoms with Crippen LogP contribution in [0.3, 0.4) is 0 Å². The van der Waals surface area contributed by atoms with Crippen molar-refractivity contribution in [3.05, 3.63) is 38.9 Å². The summed E-state index contributed by atoms with van der Waals surface area (Å²) in [6.07, 6.45) is 0. The first-order valence-corrected chi connectivity index (χ1v) is 7.24. The zero-order chi connectivity index (χ0) is 15.1. The van der Waals surface area contributed by atoms with Crippen LogP contribution in [-0.2, 0) is 6.54 Å². The van der Waals surface area contributed by atoms with Gasteiger partial charge in [0.15, 0.2) is 0 Å². The molecular weight excluding hydrogens is 278 g/mol. The molecule has 0 bridgehead atoms. The standard InChI is InChI=1S/C14H22ClN3O2/c1-4-17(5-2)10-11(3)16-9-12-6-7-13(15)14(8-12)18(19)20/h6-8,11,16H,4-5,9-10H2,1-3H3. The minimum atomic E-state index is -0.453. The molecule has 0 saturated carbocycles. The highest BCUT2D eigenvalue weighted by Crippen LogP contribution is 2.24. The summed E-state index contributed by atoms with van der Waals surface area (Å²) >= 11 is 5.79. The second-order valence-electron chi connectivity index (χ2n) is 4.81. The summed E-state index contributed by atoms with van der Waals surface area (Å²) in [5.74, 6) is 0. The predicted molar refractivity (Wildman–Crippen MR) is 82.2 cm³/mol. The molecule has 1 atom stereocenters. The van der Waals surface area contributed by atoms with Crippen LogP contribution in [0.1, 0.15) is 26.3 Å². The number of likely N-dealkylation sites (N-methyl/N-ethyl adjacent to an activating group) is 1. The fourth-order valence-corrected chi connectivity index (χ4v) is 2.22. The number of hydrogen-bond donors (Lipinski definition) is 1. The van der Waals surface area contributed by atoms with E-state index in [1.807, 2.05) is 6.07 Å². The van der Waals surface area contributed by atoms with Gasteiger partial charge in [0.05, 0.1) is 4.92 Å². The van der Waals surface area contributed by atoms with Gasteiger partial charge in [0.25, 0.3) is 5.69 Å². The second kappa shape index (κ2) is 8.19. The summed E-state index contributed by atoms with van der Waals surface area (Å²) in [4.78, 5) is 12.7. The molecular formula is C14H22ClN3O2. The van der Waals surface area contributed by atoms with E-state index in [0.717, 1.165) is 25.2 Å². The molecule has 112 valence electrons. The Bertz CT molecular complexity index is 450. The number of nitro benzene ring substituents is 1. The van der Waals surface area contributed by atoms with Crippen LogP contribution in [0.15, 0.2) is 18.2 Å². The van der Waals surface area contributed by atoms with Crippen molar-refractivity contribution in [3.8, 4) is 0 Å². The molecule has 0 saturated heterocycles. The number of nitro groups is 1. The molecule has 0 amide bonds. The predicted octanol–water partition coefficient (Wildman–Crippen LogP) is 3.07. The highest BCUT2D eigenvalue weighted by molar-refractivity contribution is 6.32. The molecule has 0 aliphatic carbocycles. The Morgan fingerprint density at radius 3 is 2.60 bits per heavy atom. The summed E-state index contributed by atoms with van der Waals surface area (Å²) in [7, 11) is 0. The van der Waals surface area contributed by atoms with Crippen LogP contribution in [0, 0.1) is 10.1 Å². The van der Waals surface area contributed by atoms with Crippen molar-refractivity contribution in [1.29, 1.82) is 0 Å². The first-order valence-electron chi connectivity index (χ1n) is 6.86. The first-order chi connectivity index (χ1) is 9.47. The van der Waals surface area contributed by atoms with Crippen LogP contribution >= 0.6 is 11.6 Å². The lowest BCUT2D eigenvalue weighted by molar-refractivity contribution is -0.384. The van der Waals surface area contributed by atoms with Crippen molar-refractivity contribution >= 4 is 17.3 Å². The van der Waals surface area contributed by atoms with Crippen molar-refractivity contribution < 1.29 is 4.92 Å². The Morgan fingerprint density at radius 2 is 2.05 bits per heavy atom. The summed E-state index contributed by atoms with van der Waals surface area (Å²) < 4.78 is 0. The fourth-order valence-electron chi connectivity index (χ4n) is 2.03. The largest absolute Gasteiger partial charge is 0.309 e. The van der Waals surface area contributed by atoms with E-state index in [2.05, 4.69) is 31.0 Å². The van der Waals surface area contributed by atoms with Crippen LogP contribution < -0.4 is 5.32 Å². The smallest absolute Gasteiger partial charge is 0.288 e. The van der Waals surface area contributed by atoms with Gasteiger partial charge in [-0.25, -0.2) is 0 Å². The van der Waals surface area contributed by atoms with Crippen molar-refractivity contribution in [1.82, 2.24) is 10.2 Å². The van der Waals surface area contributed by atoms with Crippen molar-refractivity contribution in [3.63, 3.8) is 0 Å². The summed E-state index contributed by atoms with van der Waals surface area (Å²) in [6, 6.07) is 5.24. The molecule has 1 unspecified atom stereocenters. The summed E-state index contributed by atoms with van der Waals surface area (Å²) in [5, 5.41) is 14.4. The topological polar surface area (TPSA) is 58.4 Å². The highest BCUT2D eigenvalue weighted by Gasteiger charge is 2.13. The third kappa shape index (κ3) is 5.07. The zero-order valence-electron chi connectivity index (χ0n) is 12.2. The minimum absolute atomic E-state index is 0.0395. The van der Waals surface area contributed by atoms with E-state index < -0.39 is 4.92 Å². The summed E-state index contributed by atoms with van der Waals surface area (Å²) in [5.41, 5.74) is 0.829. The van der Waals surface area contributed by atoms with Crippen molar-refractivity contribution in [2.75, 3.05) is 19.6 Å². The Labute approximate surface area is 125 Å². The van der Waals surface area contributed by atoms with Gasteiger partial charge in [0.2, 0.25) is 0 Å². The molecule has 1 aromatic carbocycles. The Balaban J connectivity index is 2.57. The van der Waals surface area contributed by atoms with Crippen LogP contribution in [0.25, 0.3) is 0 Å². The lowest BCUT2D eigenvalue weighted by atomic mass is 10.2. The molecule has 0 aliphatic heterocycles. The molecule has 0 aliphatic rings. The van der Waals surface area contributed by atoms with Crippen LogP contribution in [0.4, 0.5) is 5.69 Å². The van der Waals surface area contributed by atoms with Crippen LogP contribution in [0.2, 0.25) is 5.02 Å². The summed E-state index contributed by atoms with van der Waals surface area (Å²) in [6.45, 7) is 9.99. The van der Waals surface area contributed by atoms with Gasteiger partial charge in [0, 0.05) is 25.2 Å². The maximum atomic E-state index is 10.8. The Kier molecular flexibility index (Phi) is 6.91. The molecule has 1 N–H and O–H groups in total. The molecule has 1 rings (SSSR count). The van der Waals surface area contributed by atoms with Gasteiger partial charge in [-0.2, -0.15) is 0 Å². The second-order valence-corrected chi connectivity index (χ2v) is 5.22. The van der Waals surface area contributed by atoms with E-state index in [1.54, 1.807) is 6.07 Å². The zero-order valence-corrected chi connectivity index (χ0v) is 13.0. The normalized spacial score (nSPS) is 12.7. The van der Waals surface area contributed by atoms with Crippen molar-refractivity contribution in [2.45, 2.75) is 33.4 Å². The quantitative estimate of drug-likeness (QED) is 0.592. The van der Waals surface area contributed by atoms with E-state index in [1.165, 1.54) is 6.07 Å². The number of hydrogen-bond acceptors (Lipinski definition) is 4. The highest BCUT2D eigenvalue weighted by atomic mass is 35.5. The average molecular weight is 300 g/mol. The van der Waals surface area contributed by atoms with Gasteiger partial charge in [-0.1, -0.05) is 31.5 Å². The molecule has 0 radical (unpaired) electrons. The van der Waals surface area contributed by atoms with Gasteiger partial charge in [-0.3, -0.25) is 10.1 Å². The van der Waals surface area contributed by atoms with Crippen LogP contribution in [-0.4, -0.2) is 35.5 Å². The van der Waals surface area contributed by atoms with E-state index >= 15 is 0 Å². The monoisotopic (exact) mass is 299 g/mol. The first kappa shape index (κ1) is 16.9. The fraction of sp³-hybridized carbons (Fsp3) is 0.571. The van der Waals surface area contributed by atoms with Gasteiger partial charge in [-0.05, 0) is 31.6 Å². The number of halogens is 1. The third-order valence-corrected chi connectivity index (χ3v) is 3.61. The van der Waals surface area contributed by atoms with Crippen molar-refractivity contribution in [2.24, 2.45) is 0 Å². The molecule has 20 heavy (non-hydrogen) atoms. The average Bonchev–Trinajstić information content (AvgIpc) is 2.43. The molecule has 0 heterocycles. The molecule has 1 aromatic rings. The maximum absolute atomic E-state index is 10.8. The van der Waals surface area contributed by atoms with Crippen LogP contribution in [0.5, 0.6) is 0 Å². The van der Waals surface area contributed by atoms with Gasteiger partial charge in [0.1, 0.15) is 5.02 Å². The SMILES string of the molecule is CCN(CC)CC(C)NCc1ccc(Cl)c([N+](=O)[O-])c1. The van der Waals surface area contributed by atoms with E-state index in [4.69, 9.17) is 11.6 Å². The third-order valence-electron chi connectivity index (χ3n) is 3.29.